The van der Waals surface area contributed by atoms with Crippen molar-refractivity contribution in [2.75, 3.05) is 4.90 Å². The minimum absolute atomic E-state index is 1.11. The molecule has 0 bridgehead atoms. The Kier molecular flexibility index (Phi) is 6.76. The first-order chi connectivity index (χ1) is 26.3. The van der Waals surface area contributed by atoms with Gasteiger partial charge in [-0.2, -0.15) is 0 Å². The van der Waals surface area contributed by atoms with E-state index in [0.29, 0.717) is 0 Å². The number of para-hydroxylation sites is 1. The third kappa shape index (κ3) is 4.78. The summed E-state index contributed by atoms with van der Waals surface area (Å²) < 4.78 is 5.02. The molecule has 0 unspecified atom stereocenters. The first-order valence-electron chi connectivity index (χ1n) is 18.1. The van der Waals surface area contributed by atoms with Crippen LogP contribution >= 0.6 is 11.3 Å². The highest BCUT2D eigenvalue weighted by atomic mass is 32.1. The van der Waals surface area contributed by atoms with Crippen LogP contribution in [0.25, 0.3) is 80.3 Å². The van der Waals surface area contributed by atoms with E-state index in [-0.39, 0.29) is 0 Å². The largest absolute Gasteiger partial charge is 0.310 e. The zero-order valence-electron chi connectivity index (χ0n) is 28.8. The predicted octanol–water partition coefficient (Wildman–Crippen LogP) is 14.6. The van der Waals surface area contributed by atoms with Crippen LogP contribution in [-0.2, 0) is 0 Å². The van der Waals surface area contributed by atoms with E-state index < -0.39 is 0 Å². The summed E-state index contributed by atoms with van der Waals surface area (Å²) in [5.41, 5.74) is 9.39. The molecule has 0 radical (unpaired) electrons. The number of anilines is 3. The van der Waals surface area contributed by atoms with E-state index >= 15 is 0 Å². The highest BCUT2D eigenvalue weighted by molar-refractivity contribution is 7.26. The van der Waals surface area contributed by atoms with Gasteiger partial charge in [-0.1, -0.05) is 127 Å². The molecule has 11 aromatic rings. The fourth-order valence-corrected chi connectivity index (χ4v) is 9.44. The first kappa shape index (κ1) is 30.0. The Morgan fingerprint density at radius 2 is 1.08 bits per heavy atom. The lowest BCUT2D eigenvalue weighted by Crippen LogP contribution is -2.10. The molecule has 2 nitrogen and oxygen atoms in total. The number of nitrogens with zero attached hydrogens (tertiary/aromatic N) is 2. The summed E-state index contributed by atoms with van der Waals surface area (Å²) in [5, 5.41) is 10.1. The molecule has 0 saturated heterocycles. The smallest absolute Gasteiger partial charge is 0.0619 e. The van der Waals surface area contributed by atoms with Gasteiger partial charge in [0.05, 0.1) is 16.7 Å². The Labute approximate surface area is 311 Å². The number of thiophene rings is 1. The van der Waals surface area contributed by atoms with Crippen LogP contribution < -0.4 is 4.90 Å². The Morgan fingerprint density at radius 1 is 0.396 bits per heavy atom. The molecular weight excluding hydrogens is 661 g/mol. The zero-order valence-corrected chi connectivity index (χ0v) is 29.6. The van der Waals surface area contributed by atoms with Gasteiger partial charge in [-0.25, -0.2) is 0 Å². The molecule has 0 atom stereocenters. The van der Waals surface area contributed by atoms with Gasteiger partial charge in [0, 0.05) is 53.4 Å². The van der Waals surface area contributed by atoms with Crippen molar-refractivity contribution < 1.29 is 0 Å². The standard InChI is InChI=1S/C50H32N2S/c1-2-13-35-31-37(24-23-33(35)11-1)36-14-9-15-40(32-36)51(46-20-10-22-48-49(46)44-18-6-8-21-47(44)53-48)38-26-28-39(29-27-38)52-45-19-7-5-17-42(45)43-30-25-34-12-3-4-16-41(34)50(43)52/h1-32H. The maximum absolute atomic E-state index is 2.44. The number of aromatic nitrogens is 1. The second kappa shape index (κ2) is 11.9. The van der Waals surface area contributed by atoms with Gasteiger partial charge in [-0.15, -0.1) is 11.3 Å². The van der Waals surface area contributed by atoms with Crippen LogP contribution in [0.3, 0.4) is 0 Å². The summed E-state index contributed by atoms with van der Waals surface area (Å²) >= 11 is 1.86. The van der Waals surface area contributed by atoms with Crippen LogP contribution in [0.15, 0.2) is 194 Å². The van der Waals surface area contributed by atoms with Gasteiger partial charge in [0.1, 0.15) is 0 Å². The molecule has 0 spiro atoms. The predicted molar refractivity (Wildman–Crippen MR) is 229 cm³/mol. The summed E-state index contributed by atoms with van der Waals surface area (Å²) in [6.45, 7) is 0. The van der Waals surface area contributed by atoms with Crippen molar-refractivity contribution >= 4 is 91.9 Å². The summed E-state index contributed by atoms with van der Waals surface area (Å²) in [7, 11) is 0. The third-order valence-electron chi connectivity index (χ3n) is 10.7. The van der Waals surface area contributed by atoms with Gasteiger partial charge in [-0.05, 0) is 94.0 Å². The van der Waals surface area contributed by atoms with Crippen molar-refractivity contribution in [2.24, 2.45) is 0 Å². The number of rotatable bonds is 5. The molecule has 3 heteroatoms. The van der Waals surface area contributed by atoms with Crippen molar-refractivity contribution in [3.63, 3.8) is 0 Å². The molecule has 0 fully saturated rings. The number of hydrogen-bond donors (Lipinski definition) is 0. The van der Waals surface area contributed by atoms with E-state index in [1.54, 1.807) is 0 Å². The van der Waals surface area contributed by atoms with E-state index in [1.807, 2.05) is 11.3 Å². The summed E-state index contributed by atoms with van der Waals surface area (Å²) in [6.07, 6.45) is 0. The molecule has 0 aliphatic heterocycles. The third-order valence-corrected chi connectivity index (χ3v) is 11.9. The fourth-order valence-electron chi connectivity index (χ4n) is 8.31. The monoisotopic (exact) mass is 692 g/mol. The van der Waals surface area contributed by atoms with Gasteiger partial charge in [-0.3, -0.25) is 0 Å². The van der Waals surface area contributed by atoms with Crippen LogP contribution in [0.5, 0.6) is 0 Å². The first-order valence-corrected chi connectivity index (χ1v) is 18.9. The average molecular weight is 693 g/mol. The molecule has 0 N–H and O–H groups in total. The number of hydrogen-bond acceptors (Lipinski definition) is 2. The average Bonchev–Trinajstić information content (AvgIpc) is 3.78. The lowest BCUT2D eigenvalue weighted by molar-refractivity contribution is 1.18. The number of fused-ring (bicyclic) bond motifs is 9. The van der Waals surface area contributed by atoms with Crippen molar-refractivity contribution in [1.82, 2.24) is 4.57 Å². The molecule has 11 rings (SSSR count). The molecule has 53 heavy (non-hydrogen) atoms. The Morgan fingerprint density at radius 3 is 1.96 bits per heavy atom. The van der Waals surface area contributed by atoms with E-state index in [2.05, 4.69) is 204 Å². The number of benzene rings is 9. The molecule has 0 aliphatic rings. The highest BCUT2D eigenvalue weighted by Crippen LogP contribution is 2.46. The van der Waals surface area contributed by atoms with Gasteiger partial charge in [0.2, 0.25) is 0 Å². The molecule has 9 aromatic carbocycles. The van der Waals surface area contributed by atoms with Crippen molar-refractivity contribution in [3.05, 3.63) is 194 Å². The van der Waals surface area contributed by atoms with Crippen LogP contribution in [0.1, 0.15) is 0 Å². The maximum atomic E-state index is 2.44. The summed E-state index contributed by atoms with van der Waals surface area (Å²) in [6, 6.07) is 71.0. The molecule has 0 saturated carbocycles. The molecule has 0 aliphatic carbocycles. The summed E-state index contributed by atoms with van der Waals surface area (Å²) in [5.74, 6) is 0. The van der Waals surface area contributed by atoms with Crippen molar-refractivity contribution in [2.45, 2.75) is 0 Å². The van der Waals surface area contributed by atoms with Crippen molar-refractivity contribution in [1.29, 1.82) is 0 Å². The minimum atomic E-state index is 1.11. The molecule has 248 valence electrons. The van der Waals surface area contributed by atoms with Gasteiger partial charge >= 0.3 is 0 Å². The van der Waals surface area contributed by atoms with Gasteiger partial charge in [0.25, 0.3) is 0 Å². The fraction of sp³-hybridized carbons (Fsp3) is 0. The van der Waals surface area contributed by atoms with Crippen LogP contribution in [0, 0.1) is 0 Å². The van der Waals surface area contributed by atoms with Crippen LogP contribution in [0.4, 0.5) is 17.1 Å². The topological polar surface area (TPSA) is 8.17 Å². The molecule has 0 amide bonds. The Bertz CT molecular complexity index is 3180. The lowest BCUT2D eigenvalue weighted by Gasteiger charge is -2.27. The van der Waals surface area contributed by atoms with E-state index in [4.69, 9.17) is 0 Å². The normalized spacial score (nSPS) is 11.8. The second-order valence-corrected chi connectivity index (χ2v) is 14.8. The Balaban J connectivity index is 1.12. The quantitative estimate of drug-likeness (QED) is 0.174. The minimum Gasteiger partial charge on any atom is -0.310 e. The highest BCUT2D eigenvalue weighted by Gasteiger charge is 2.20. The molecule has 2 aromatic heterocycles. The second-order valence-electron chi connectivity index (χ2n) is 13.7. The van der Waals surface area contributed by atoms with Crippen molar-refractivity contribution in [3.8, 4) is 16.8 Å². The molecular formula is C50H32N2S. The van der Waals surface area contributed by atoms with Gasteiger partial charge < -0.3 is 9.47 Å². The van der Waals surface area contributed by atoms with Crippen LogP contribution in [0.2, 0.25) is 0 Å². The SMILES string of the molecule is c1cc(-c2ccc3ccccc3c2)cc(N(c2ccc(-n3c4ccccc4c4ccc5ccccc5c43)cc2)c2cccc3sc4ccccc4c23)c1. The Hall–Kier alpha value is -6.68. The van der Waals surface area contributed by atoms with E-state index in [1.165, 1.54) is 80.3 Å². The van der Waals surface area contributed by atoms with E-state index in [0.717, 1.165) is 17.1 Å². The zero-order chi connectivity index (χ0) is 34.9. The van der Waals surface area contributed by atoms with Gasteiger partial charge in [0.15, 0.2) is 0 Å². The lowest BCUT2D eigenvalue weighted by atomic mass is 10.00. The molecule has 2 heterocycles. The van der Waals surface area contributed by atoms with E-state index in [9.17, 15) is 0 Å². The maximum Gasteiger partial charge on any atom is 0.0619 e. The van der Waals surface area contributed by atoms with Crippen LogP contribution in [-0.4, -0.2) is 4.57 Å². The summed E-state index contributed by atoms with van der Waals surface area (Å²) in [4.78, 5) is 2.44.